The van der Waals surface area contributed by atoms with E-state index >= 15 is 0 Å². The molecule has 1 N–H and O–H groups in total. The van der Waals surface area contributed by atoms with Crippen molar-refractivity contribution in [3.05, 3.63) is 0 Å². The largest absolute Gasteiger partial charge is 0.314 e. The minimum absolute atomic E-state index is 0.561. The van der Waals surface area contributed by atoms with Gasteiger partial charge in [0.2, 0.25) is 0 Å². The quantitative estimate of drug-likeness (QED) is 0.759. The number of hydrogen-bond donors (Lipinski definition) is 1. The van der Waals surface area contributed by atoms with Gasteiger partial charge < -0.3 is 10.2 Å². The van der Waals surface area contributed by atoms with Crippen LogP contribution in [-0.2, 0) is 0 Å². The van der Waals surface area contributed by atoms with Gasteiger partial charge in [0, 0.05) is 19.1 Å². The van der Waals surface area contributed by atoms with Crippen LogP contribution in [0.15, 0.2) is 0 Å². The van der Waals surface area contributed by atoms with Crippen LogP contribution in [0.2, 0.25) is 0 Å². The van der Waals surface area contributed by atoms with Crippen molar-refractivity contribution < 1.29 is 0 Å². The van der Waals surface area contributed by atoms with Crippen LogP contribution in [0.3, 0.4) is 0 Å². The lowest BCUT2D eigenvalue weighted by Gasteiger charge is -2.38. The van der Waals surface area contributed by atoms with Crippen LogP contribution in [0.25, 0.3) is 0 Å². The zero-order valence-corrected chi connectivity index (χ0v) is 13.9. The molecule has 2 heteroatoms. The van der Waals surface area contributed by atoms with Gasteiger partial charge in [-0.05, 0) is 44.2 Å². The Morgan fingerprint density at radius 3 is 1.95 bits per heavy atom. The molecule has 2 aliphatic rings. The Balaban J connectivity index is 1.96. The Hall–Kier alpha value is -0.0800. The molecule has 2 nitrogen and oxygen atoms in total. The average molecular weight is 280 g/mol. The second kappa shape index (κ2) is 8.38. The highest BCUT2D eigenvalue weighted by molar-refractivity contribution is 4.88. The summed E-state index contributed by atoms with van der Waals surface area (Å²) in [6.07, 6.45) is 14.5. The summed E-state index contributed by atoms with van der Waals surface area (Å²) in [5.41, 5.74) is 0.561. The second-order valence-corrected chi connectivity index (χ2v) is 7.64. The smallest absolute Gasteiger partial charge is 0.00501 e. The summed E-state index contributed by atoms with van der Waals surface area (Å²) in [6, 6.07) is 0.624. The van der Waals surface area contributed by atoms with Gasteiger partial charge in [0.15, 0.2) is 0 Å². The van der Waals surface area contributed by atoms with Crippen LogP contribution in [0.4, 0.5) is 0 Å². The number of nitrogens with one attached hydrogen (secondary N) is 1. The number of rotatable bonds is 5. The third kappa shape index (κ3) is 5.37. The van der Waals surface area contributed by atoms with Crippen molar-refractivity contribution in [2.75, 3.05) is 26.2 Å². The fourth-order valence-electron chi connectivity index (χ4n) is 4.06. The lowest BCUT2D eigenvalue weighted by molar-refractivity contribution is 0.127. The molecule has 2 rings (SSSR count). The second-order valence-electron chi connectivity index (χ2n) is 7.64. The van der Waals surface area contributed by atoms with E-state index < -0.39 is 0 Å². The van der Waals surface area contributed by atoms with E-state index in [2.05, 4.69) is 24.1 Å². The van der Waals surface area contributed by atoms with Crippen LogP contribution in [-0.4, -0.2) is 37.1 Å². The normalized spacial score (nSPS) is 25.4. The summed E-state index contributed by atoms with van der Waals surface area (Å²) < 4.78 is 0. The third-order valence-corrected chi connectivity index (χ3v) is 5.31. The highest BCUT2D eigenvalue weighted by Crippen LogP contribution is 2.36. The minimum Gasteiger partial charge on any atom is -0.314 e. The highest BCUT2D eigenvalue weighted by Gasteiger charge is 2.32. The molecular weight excluding hydrogens is 244 g/mol. The Labute approximate surface area is 126 Å². The van der Waals surface area contributed by atoms with E-state index in [0.29, 0.717) is 11.5 Å². The molecule has 2 fully saturated rings. The lowest BCUT2D eigenvalue weighted by Crippen LogP contribution is -2.45. The molecule has 0 amide bonds. The molecule has 0 aromatic carbocycles. The van der Waals surface area contributed by atoms with Gasteiger partial charge >= 0.3 is 0 Å². The first-order valence-electron chi connectivity index (χ1n) is 9.16. The summed E-state index contributed by atoms with van der Waals surface area (Å²) in [4.78, 5) is 2.79. The first-order valence-corrected chi connectivity index (χ1v) is 9.16. The van der Waals surface area contributed by atoms with Crippen molar-refractivity contribution in [2.45, 2.75) is 84.1 Å². The van der Waals surface area contributed by atoms with Crippen molar-refractivity contribution in [1.82, 2.24) is 10.2 Å². The summed E-state index contributed by atoms with van der Waals surface area (Å²) in [7, 11) is 0. The van der Waals surface area contributed by atoms with Gasteiger partial charge in [0.1, 0.15) is 0 Å². The molecule has 1 aliphatic heterocycles. The molecule has 1 aliphatic carbocycles. The van der Waals surface area contributed by atoms with Crippen LogP contribution < -0.4 is 5.32 Å². The van der Waals surface area contributed by atoms with Gasteiger partial charge in [-0.2, -0.15) is 0 Å². The predicted molar refractivity (Wildman–Crippen MR) is 88.2 cm³/mol. The maximum atomic E-state index is 3.76. The molecule has 1 heterocycles. The van der Waals surface area contributed by atoms with Crippen LogP contribution in [0.5, 0.6) is 0 Å². The van der Waals surface area contributed by atoms with Gasteiger partial charge in [-0.25, -0.2) is 0 Å². The molecule has 1 saturated carbocycles. The Morgan fingerprint density at radius 1 is 0.850 bits per heavy atom. The van der Waals surface area contributed by atoms with Crippen LogP contribution >= 0.6 is 0 Å². The Bertz CT molecular complexity index is 246. The van der Waals surface area contributed by atoms with Crippen molar-refractivity contribution >= 4 is 0 Å². The maximum Gasteiger partial charge on any atom is 0.00501 e. The molecule has 0 aromatic heterocycles. The lowest BCUT2D eigenvalue weighted by atomic mass is 9.79. The molecule has 0 radical (unpaired) electrons. The maximum absolute atomic E-state index is 3.76. The summed E-state index contributed by atoms with van der Waals surface area (Å²) in [5, 5.41) is 3.76. The summed E-state index contributed by atoms with van der Waals surface area (Å²) in [6.45, 7) is 9.87. The number of likely N-dealkylation sites (tertiary alicyclic amines) is 1. The number of hydrogen-bond acceptors (Lipinski definition) is 2. The van der Waals surface area contributed by atoms with Gasteiger partial charge in [0.25, 0.3) is 0 Å². The Kier molecular flexibility index (Phi) is 6.83. The van der Waals surface area contributed by atoms with E-state index in [0.717, 1.165) is 0 Å². The zero-order valence-electron chi connectivity index (χ0n) is 13.9. The van der Waals surface area contributed by atoms with Crippen molar-refractivity contribution in [1.29, 1.82) is 0 Å². The molecular formula is C18H36N2. The molecule has 0 spiro atoms. The van der Waals surface area contributed by atoms with Crippen molar-refractivity contribution in [2.24, 2.45) is 5.41 Å². The highest BCUT2D eigenvalue weighted by atomic mass is 15.1. The van der Waals surface area contributed by atoms with Gasteiger partial charge in [-0.3, -0.25) is 0 Å². The predicted octanol–water partition coefficient (Wildman–Crippen LogP) is 4.20. The summed E-state index contributed by atoms with van der Waals surface area (Å²) >= 11 is 0. The summed E-state index contributed by atoms with van der Waals surface area (Å²) in [5.74, 6) is 0. The number of nitrogens with zero attached hydrogens (tertiary/aromatic N) is 1. The van der Waals surface area contributed by atoms with E-state index in [1.165, 1.54) is 90.4 Å². The Morgan fingerprint density at radius 2 is 1.40 bits per heavy atom. The van der Waals surface area contributed by atoms with E-state index in [4.69, 9.17) is 0 Å². The molecule has 1 saturated heterocycles. The van der Waals surface area contributed by atoms with Gasteiger partial charge in [-0.1, -0.05) is 52.4 Å². The molecule has 0 aromatic rings. The fraction of sp³-hybridized carbons (Fsp3) is 1.00. The third-order valence-electron chi connectivity index (χ3n) is 5.31. The molecule has 0 unspecified atom stereocenters. The van der Waals surface area contributed by atoms with Gasteiger partial charge in [-0.15, -0.1) is 0 Å². The zero-order chi connectivity index (χ0) is 14.3. The van der Waals surface area contributed by atoms with Crippen molar-refractivity contribution in [3.63, 3.8) is 0 Å². The van der Waals surface area contributed by atoms with E-state index in [1.54, 1.807) is 0 Å². The molecule has 118 valence electrons. The van der Waals surface area contributed by atoms with E-state index in [-0.39, 0.29) is 0 Å². The molecule has 0 atom stereocenters. The standard InChI is InChI=1S/C18H36N2/c1-17(2)19-15-18(11-7-3-4-8-12-18)16-20-13-9-5-6-10-14-20/h17,19H,3-16H2,1-2H3. The van der Waals surface area contributed by atoms with Crippen LogP contribution in [0.1, 0.15) is 78.1 Å². The monoisotopic (exact) mass is 280 g/mol. The van der Waals surface area contributed by atoms with Gasteiger partial charge in [0.05, 0.1) is 0 Å². The minimum atomic E-state index is 0.561. The first-order chi connectivity index (χ1) is 9.70. The SMILES string of the molecule is CC(C)NCC1(CN2CCCCCC2)CCCCCC1. The van der Waals surface area contributed by atoms with Crippen molar-refractivity contribution in [3.8, 4) is 0 Å². The average Bonchev–Trinajstić information content (AvgIpc) is 2.80. The van der Waals surface area contributed by atoms with Crippen LogP contribution in [0, 0.1) is 5.41 Å². The molecule has 20 heavy (non-hydrogen) atoms. The topological polar surface area (TPSA) is 15.3 Å². The fourth-order valence-corrected chi connectivity index (χ4v) is 4.06. The van der Waals surface area contributed by atoms with E-state index in [9.17, 15) is 0 Å². The van der Waals surface area contributed by atoms with E-state index in [1.807, 2.05) is 0 Å². The first kappa shape index (κ1) is 16.3. The molecule has 0 bridgehead atoms.